The molecule has 2 aliphatic heterocycles. The maximum absolute atomic E-state index is 13.0. The van der Waals surface area contributed by atoms with Crippen LogP contribution in [0, 0.1) is 5.41 Å². The molecule has 3 rings (SSSR count). The zero-order chi connectivity index (χ0) is 16.3. The van der Waals surface area contributed by atoms with Gasteiger partial charge in [-0.25, -0.2) is 0 Å². The van der Waals surface area contributed by atoms with E-state index in [4.69, 9.17) is 4.74 Å². The van der Waals surface area contributed by atoms with E-state index in [1.807, 2.05) is 23.1 Å². The van der Waals surface area contributed by atoms with E-state index in [1.54, 1.807) is 13.2 Å². The Morgan fingerprint density at radius 1 is 1.30 bits per heavy atom. The van der Waals surface area contributed by atoms with Gasteiger partial charge in [-0.05, 0) is 25.1 Å². The third-order valence-corrected chi connectivity index (χ3v) is 4.91. The summed E-state index contributed by atoms with van der Waals surface area (Å²) in [4.78, 5) is 17.0. The number of methoxy groups -OCH3 is 1. The number of ether oxygens (including phenoxy) is 1. The summed E-state index contributed by atoms with van der Waals surface area (Å²) in [5.74, 6) is 0.490. The smallest absolute Gasteiger partial charge is 0.232 e. The molecule has 2 fully saturated rings. The highest BCUT2D eigenvalue weighted by molar-refractivity contribution is 5.84. The SMILES string of the molecule is COCC1(C(=O)N2CCN(c3ccccc3O)CC2)CCNC1. The van der Waals surface area contributed by atoms with Gasteiger partial charge in [0.25, 0.3) is 0 Å². The molecule has 0 aliphatic carbocycles. The highest BCUT2D eigenvalue weighted by Gasteiger charge is 2.44. The van der Waals surface area contributed by atoms with Crippen molar-refractivity contribution in [1.29, 1.82) is 0 Å². The fraction of sp³-hybridized carbons (Fsp3) is 0.588. The molecule has 2 heterocycles. The van der Waals surface area contributed by atoms with Crippen molar-refractivity contribution in [3.63, 3.8) is 0 Å². The van der Waals surface area contributed by atoms with Crippen molar-refractivity contribution in [3.05, 3.63) is 24.3 Å². The van der Waals surface area contributed by atoms with Crippen molar-refractivity contribution >= 4 is 11.6 Å². The number of nitrogens with zero attached hydrogens (tertiary/aromatic N) is 2. The van der Waals surface area contributed by atoms with E-state index in [0.29, 0.717) is 32.0 Å². The number of carbonyl (C=O) groups is 1. The first-order valence-electron chi connectivity index (χ1n) is 8.18. The van der Waals surface area contributed by atoms with Gasteiger partial charge in [0, 0.05) is 39.8 Å². The average Bonchev–Trinajstić information content (AvgIpc) is 3.05. The number of para-hydroxylation sites is 2. The molecule has 2 saturated heterocycles. The Labute approximate surface area is 137 Å². The summed E-state index contributed by atoms with van der Waals surface area (Å²) >= 11 is 0. The maximum Gasteiger partial charge on any atom is 0.232 e. The Bertz CT molecular complexity index is 550. The molecule has 1 amide bonds. The van der Waals surface area contributed by atoms with Gasteiger partial charge in [-0.3, -0.25) is 4.79 Å². The van der Waals surface area contributed by atoms with E-state index in [1.165, 1.54) is 0 Å². The van der Waals surface area contributed by atoms with Gasteiger partial charge in [0.05, 0.1) is 17.7 Å². The first-order valence-corrected chi connectivity index (χ1v) is 8.18. The highest BCUT2D eigenvalue weighted by atomic mass is 16.5. The molecule has 0 bridgehead atoms. The lowest BCUT2D eigenvalue weighted by atomic mass is 9.86. The summed E-state index contributed by atoms with van der Waals surface area (Å²) in [7, 11) is 1.66. The van der Waals surface area contributed by atoms with Crippen LogP contribution >= 0.6 is 0 Å². The van der Waals surface area contributed by atoms with Gasteiger partial charge in [-0.15, -0.1) is 0 Å². The Balaban J connectivity index is 1.64. The molecule has 23 heavy (non-hydrogen) atoms. The molecule has 0 aromatic heterocycles. The molecule has 0 spiro atoms. The van der Waals surface area contributed by atoms with Gasteiger partial charge < -0.3 is 25.0 Å². The van der Waals surface area contributed by atoms with Crippen molar-refractivity contribution in [3.8, 4) is 5.75 Å². The molecule has 6 nitrogen and oxygen atoms in total. The molecule has 6 heteroatoms. The van der Waals surface area contributed by atoms with Gasteiger partial charge in [0.15, 0.2) is 0 Å². The van der Waals surface area contributed by atoms with Crippen LogP contribution in [0.4, 0.5) is 5.69 Å². The van der Waals surface area contributed by atoms with E-state index in [-0.39, 0.29) is 5.91 Å². The van der Waals surface area contributed by atoms with Gasteiger partial charge in [0.2, 0.25) is 5.91 Å². The van der Waals surface area contributed by atoms with Crippen LogP contribution in [0.1, 0.15) is 6.42 Å². The molecular weight excluding hydrogens is 294 g/mol. The number of piperazine rings is 1. The highest BCUT2D eigenvalue weighted by Crippen LogP contribution is 2.31. The lowest BCUT2D eigenvalue weighted by Crippen LogP contribution is -2.55. The van der Waals surface area contributed by atoms with Crippen molar-refractivity contribution in [2.75, 3.05) is 57.9 Å². The predicted molar refractivity (Wildman–Crippen MR) is 88.7 cm³/mol. The van der Waals surface area contributed by atoms with Crippen LogP contribution in [0.15, 0.2) is 24.3 Å². The van der Waals surface area contributed by atoms with Gasteiger partial charge >= 0.3 is 0 Å². The quantitative estimate of drug-likeness (QED) is 0.854. The topological polar surface area (TPSA) is 65.0 Å². The van der Waals surface area contributed by atoms with E-state index in [0.717, 1.165) is 31.7 Å². The minimum absolute atomic E-state index is 0.196. The maximum atomic E-state index is 13.0. The molecule has 1 atom stereocenters. The Kier molecular flexibility index (Phi) is 4.73. The van der Waals surface area contributed by atoms with E-state index < -0.39 is 5.41 Å². The summed E-state index contributed by atoms with van der Waals surface area (Å²) in [6, 6.07) is 7.36. The molecule has 1 aromatic rings. The lowest BCUT2D eigenvalue weighted by Gasteiger charge is -2.40. The molecule has 2 N–H and O–H groups in total. The molecule has 126 valence electrons. The van der Waals surface area contributed by atoms with Crippen LogP contribution in [0.25, 0.3) is 0 Å². The lowest BCUT2D eigenvalue weighted by molar-refractivity contribution is -0.144. The van der Waals surface area contributed by atoms with Crippen LogP contribution in [0.2, 0.25) is 0 Å². The second-order valence-corrected chi connectivity index (χ2v) is 6.41. The van der Waals surface area contributed by atoms with Crippen LogP contribution in [-0.4, -0.2) is 68.9 Å². The third-order valence-electron chi connectivity index (χ3n) is 4.91. The van der Waals surface area contributed by atoms with Crippen LogP contribution in [-0.2, 0) is 9.53 Å². The van der Waals surface area contributed by atoms with Crippen molar-refractivity contribution < 1.29 is 14.6 Å². The average molecular weight is 319 g/mol. The molecule has 1 unspecified atom stereocenters. The second kappa shape index (κ2) is 6.76. The second-order valence-electron chi connectivity index (χ2n) is 6.41. The molecule has 0 saturated carbocycles. The summed E-state index contributed by atoms with van der Waals surface area (Å²) in [5.41, 5.74) is 0.431. The van der Waals surface area contributed by atoms with Gasteiger partial charge in [-0.1, -0.05) is 12.1 Å². The minimum Gasteiger partial charge on any atom is -0.506 e. The molecular formula is C17H25N3O3. The van der Waals surface area contributed by atoms with Crippen LogP contribution in [0.3, 0.4) is 0 Å². The molecule has 2 aliphatic rings. The van der Waals surface area contributed by atoms with E-state index >= 15 is 0 Å². The Morgan fingerprint density at radius 3 is 2.65 bits per heavy atom. The summed E-state index contributed by atoms with van der Waals surface area (Å²) in [6.07, 6.45) is 0.833. The van der Waals surface area contributed by atoms with E-state index in [9.17, 15) is 9.90 Å². The van der Waals surface area contributed by atoms with Crippen LogP contribution in [0.5, 0.6) is 5.75 Å². The number of rotatable bonds is 4. The zero-order valence-corrected chi connectivity index (χ0v) is 13.6. The number of aromatic hydroxyl groups is 1. The molecule has 1 aromatic carbocycles. The monoisotopic (exact) mass is 319 g/mol. The van der Waals surface area contributed by atoms with Crippen molar-refractivity contribution in [1.82, 2.24) is 10.2 Å². The van der Waals surface area contributed by atoms with Gasteiger partial charge in [-0.2, -0.15) is 0 Å². The number of phenolic OH excluding ortho intramolecular Hbond substituents is 1. The first kappa shape index (κ1) is 16.1. The third kappa shape index (κ3) is 3.14. The summed E-state index contributed by atoms with van der Waals surface area (Å²) in [5, 5.41) is 13.3. The largest absolute Gasteiger partial charge is 0.506 e. The standard InChI is InChI=1S/C17H25N3O3/c1-23-13-17(6-7-18-12-17)16(22)20-10-8-19(9-11-20)14-4-2-3-5-15(14)21/h2-5,18,21H,6-13H2,1H3. The zero-order valence-electron chi connectivity index (χ0n) is 13.6. The van der Waals surface area contributed by atoms with E-state index in [2.05, 4.69) is 10.2 Å². The Hall–Kier alpha value is -1.79. The number of amides is 1. The van der Waals surface area contributed by atoms with Crippen LogP contribution < -0.4 is 10.2 Å². The number of hydrogen-bond acceptors (Lipinski definition) is 5. The number of phenols is 1. The summed E-state index contributed by atoms with van der Waals surface area (Å²) in [6.45, 7) is 4.86. The van der Waals surface area contributed by atoms with Crippen molar-refractivity contribution in [2.45, 2.75) is 6.42 Å². The number of nitrogens with one attached hydrogen (secondary N) is 1. The number of hydrogen-bond donors (Lipinski definition) is 2. The van der Waals surface area contributed by atoms with Crippen molar-refractivity contribution in [2.24, 2.45) is 5.41 Å². The number of carbonyl (C=O) groups excluding carboxylic acids is 1. The summed E-state index contributed by atoms with van der Waals surface area (Å²) < 4.78 is 5.32. The number of benzene rings is 1. The fourth-order valence-corrected chi connectivity index (χ4v) is 3.60. The minimum atomic E-state index is -0.411. The molecule has 0 radical (unpaired) electrons. The normalized spacial score (nSPS) is 24.9. The fourth-order valence-electron chi connectivity index (χ4n) is 3.60. The number of anilines is 1. The van der Waals surface area contributed by atoms with Gasteiger partial charge in [0.1, 0.15) is 5.75 Å². The first-order chi connectivity index (χ1) is 11.2. The predicted octanol–water partition coefficient (Wildman–Crippen LogP) is 0.667. The Morgan fingerprint density at radius 2 is 2.04 bits per heavy atom.